The van der Waals surface area contributed by atoms with Crippen molar-refractivity contribution in [2.75, 3.05) is 31.6 Å². The average Bonchev–Trinajstić information content (AvgIpc) is 3.50. The first kappa shape index (κ1) is 28.9. The number of aromatic carboxylic acids is 1. The largest absolute Gasteiger partial charge is 1.00 e. The SMILES string of the molecule is COc1c(N2C[C@H]3CCCN(S(=O)(=O)[O-])[C@H]3C2)c(F)cc2c(=O)c(C(=O)[O-])cn(C3CC3)c12.[Na+].[Na+]. The molecule has 0 N–H and O–H groups in total. The number of nitrogens with zero attached hydrogens (tertiary/aromatic N) is 3. The summed E-state index contributed by atoms with van der Waals surface area (Å²) < 4.78 is 58.9. The minimum Gasteiger partial charge on any atom is -0.735 e. The zero-order chi connectivity index (χ0) is 23.7. The molecule has 3 fully saturated rings. The van der Waals surface area contributed by atoms with Crippen molar-refractivity contribution in [3.8, 4) is 5.75 Å². The summed E-state index contributed by atoms with van der Waals surface area (Å²) in [6, 6.07) is 0.373. The first-order valence-electron chi connectivity index (χ1n) is 10.8. The number of piperidine rings is 1. The minimum atomic E-state index is -4.65. The van der Waals surface area contributed by atoms with Gasteiger partial charge in [-0.25, -0.2) is 17.1 Å². The Hall–Kier alpha value is -0.700. The monoisotopic (exact) mass is 525 g/mol. The van der Waals surface area contributed by atoms with Gasteiger partial charge in [0.1, 0.15) is 5.69 Å². The number of ether oxygens (including phenoxy) is 1. The molecule has 1 aromatic carbocycles. The van der Waals surface area contributed by atoms with Crippen LogP contribution >= 0.6 is 0 Å². The summed E-state index contributed by atoms with van der Waals surface area (Å²) in [5.74, 6) is -2.49. The third kappa shape index (κ3) is 5.06. The Morgan fingerprint density at radius 1 is 1.20 bits per heavy atom. The number of benzene rings is 1. The zero-order valence-electron chi connectivity index (χ0n) is 19.8. The second-order valence-corrected chi connectivity index (χ2v) is 10.2. The number of hydrogen-bond donors (Lipinski definition) is 0. The van der Waals surface area contributed by atoms with E-state index in [0.29, 0.717) is 19.4 Å². The van der Waals surface area contributed by atoms with Crippen LogP contribution in [0.5, 0.6) is 5.75 Å². The number of anilines is 1. The van der Waals surface area contributed by atoms with Crippen LogP contribution in [0.2, 0.25) is 0 Å². The summed E-state index contributed by atoms with van der Waals surface area (Å²) in [6.45, 7) is 0.557. The molecule has 1 aromatic heterocycles. The van der Waals surface area contributed by atoms with Crippen LogP contribution in [0.3, 0.4) is 0 Å². The van der Waals surface area contributed by atoms with Crippen LogP contribution in [-0.4, -0.2) is 60.6 Å². The fourth-order valence-corrected chi connectivity index (χ4v) is 6.24. The van der Waals surface area contributed by atoms with E-state index >= 15 is 4.39 Å². The Kier molecular flexibility index (Phi) is 8.73. The quantitative estimate of drug-likeness (QED) is 0.279. The second kappa shape index (κ2) is 10.6. The van der Waals surface area contributed by atoms with E-state index < -0.39 is 39.1 Å². The molecular weight excluding hydrogens is 503 g/mol. The van der Waals surface area contributed by atoms with E-state index in [0.717, 1.165) is 23.2 Å². The maximum absolute atomic E-state index is 15.5. The van der Waals surface area contributed by atoms with Crippen molar-refractivity contribution in [1.82, 2.24) is 8.87 Å². The summed E-state index contributed by atoms with van der Waals surface area (Å²) in [5, 5.41) is 11.4. The van der Waals surface area contributed by atoms with Crippen LogP contribution in [0, 0.1) is 11.7 Å². The van der Waals surface area contributed by atoms with Crippen LogP contribution in [0.25, 0.3) is 10.9 Å². The summed E-state index contributed by atoms with van der Waals surface area (Å²) in [7, 11) is -3.31. The van der Waals surface area contributed by atoms with E-state index in [1.165, 1.54) is 13.3 Å². The first-order chi connectivity index (χ1) is 15.6. The number of carboxylic acid groups (broad SMARTS) is 1. The van der Waals surface area contributed by atoms with Crippen molar-refractivity contribution in [2.24, 2.45) is 5.92 Å². The summed E-state index contributed by atoms with van der Waals surface area (Å²) in [6.07, 6.45) is 4.00. The molecule has 14 heteroatoms. The van der Waals surface area contributed by atoms with Crippen molar-refractivity contribution < 1.29 is 91.1 Å². The molecule has 178 valence electrons. The second-order valence-electron chi connectivity index (χ2n) is 8.88. The molecule has 0 bridgehead atoms. The van der Waals surface area contributed by atoms with Gasteiger partial charge in [-0.2, -0.15) is 0 Å². The maximum atomic E-state index is 15.5. The molecule has 0 radical (unpaired) electrons. The van der Waals surface area contributed by atoms with Gasteiger partial charge in [-0.1, -0.05) is 0 Å². The number of aromatic nitrogens is 1. The molecular formula is C21H22FN3Na2O7S. The molecule has 2 saturated heterocycles. The number of carboxylic acids is 1. The third-order valence-electron chi connectivity index (χ3n) is 6.90. The van der Waals surface area contributed by atoms with Crippen LogP contribution in [0.1, 0.15) is 42.1 Å². The van der Waals surface area contributed by atoms with Crippen molar-refractivity contribution in [3.63, 3.8) is 0 Å². The molecule has 2 aliphatic heterocycles. The van der Waals surface area contributed by atoms with Crippen LogP contribution in [0.15, 0.2) is 17.1 Å². The summed E-state index contributed by atoms with van der Waals surface area (Å²) >= 11 is 0. The van der Waals surface area contributed by atoms with Gasteiger partial charge >= 0.3 is 59.1 Å². The molecule has 0 spiro atoms. The number of pyridine rings is 1. The predicted octanol–water partition coefficient (Wildman–Crippen LogP) is -5.78. The van der Waals surface area contributed by atoms with E-state index in [2.05, 4.69) is 0 Å². The fraction of sp³-hybridized carbons (Fsp3) is 0.524. The number of hydrogen-bond acceptors (Lipinski definition) is 8. The van der Waals surface area contributed by atoms with Gasteiger partial charge in [0.15, 0.2) is 27.3 Å². The van der Waals surface area contributed by atoms with Gasteiger partial charge < -0.3 is 28.7 Å². The van der Waals surface area contributed by atoms with E-state index in [1.54, 1.807) is 9.47 Å². The Morgan fingerprint density at radius 2 is 1.89 bits per heavy atom. The Labute approximate surface area is 245 Å². The van der Waals surface area contributed by atoms with Gasteiger partial charge in [0.05, 0.1) is 29.5 Å². The number of carbonyl (C=O) groups is 1. The van der Waals surface area contributed by atoms with Crippen molar-refractivity contribution in [2.45, 2.75) is 37.8 Å². The van der Waals surface area contributed by atoms with Crippen molar-refractivity contribution in [1.29, 1.82) is 0 Å². The minimum absolute atomic E-state index is 0. The maximum Gasteiger partial charge on any atom is 1.00 e. The van der Waals surface area contributed by atoms with E-state index in [4.69, 9.17) is 4.74 Å². The molecule has 3 aliphatic rings. The topological polar surface area (TPSA) is 135 Å². The van der Waals surface area contributed by atoms with E-state index in [-0.39, 0.29) is 107 Å². The summed E-state index contributed by atoms with van der Waals surface area (Å²) in [5.41, 5.74) is -1.05. The number of halogens is 1. The van der Waals surface area contributed by atoms with Gasteiger partial charge in [0.2, 0.25) is 0 Å². The smallest absolute Gasteiger partial charge is 0.735 e. The van der Waals surface area contributed by atoms with Gasteiger partial charge in [-0.15, -0.1) is 0 Å². The van der Waals surface area contributed by atoms with Gasteiger partial charge in [-0.05, 0) is 37.7 Å². The molecule has 10 nitrogen and oxygen atoms in total. The molecule has 1 saturated carbocycles. The van der Waals surface area contributed by atoms with Gasteiger partial charge in [0.25, 0.3) is 0 Å². The van der Waals surface area contributed by atoms with Crippen LogP contribution in [-0.2, 0) is 10.3 Å². The number of rotatable bonds is 5. The third-order valence-corrected chi connectivity index (χ3v) is 7.92. The fourth-order valence-electron chi connectivity index (χ4n) is 5.32. The molecule has 1 aliphatic carbocycles. The van der Waals surface area contributed by atoms with E-state index in [1.807, 2.05) is 0 Å². The molecule has 0 unspecified atom stereocenters. The number of methoxy groups -OCH3 is 1. The predicted molar refractivity (Wildman–Crippen MR) is 112 cm³/mol. The molecule has 3 heterocycles. The molecule has 35 heavy (non-hydrogen) atoms. The molecule has 2 atom stereocenters. The molecule has 0 amide bonds. The van der Waals surface area contributed by atoms with Crippen LogP contribution in [0.4, 0.5) is 10.1 Å². The molecule has 2 aromatic rings. The normalized spacial score (nSPS) is 22.3. The Morgan fingerprint density at radius 3 is 2.46 bits per heavy atom. The molecule has 5 rings (SSSR count). The first-order valence-corrected chi connectivity index (χ1v) is 12.1. The van der Waals surface area contributed by atoms with Gasteiger partial charge in [0, 0.05) is 37.9 Å². The van der Waals surface area contributed by atoms with Gasteiger partial charge in [-0.3, -0.25) is 4.79 Å². The Balaban J connectivity index is 0.00000171. The van der Waals surface area contributed by atoms with E-state index in [9.17, 15) is 27.7 Å². The summed E-state index contributed by atoms with van der Waals surface area (Å²) in [4.78, 5) is 25.9. The van der Waals surface area contributed by atoms with Crippen molar-refractivity contribution in [3.05, 3.63) is 33.9 Å². The standard InChI is InChI=1S/C21H24FN3O7S.2Na/c1-32-20-17-13(19(26)14(21(27)28)9-24(17)12-4-5-12)7-15(22)18(20)23-8-11-3-2-6-25(16(11)10-23)33(29,30)31;;/h7,9,11-12,16H,2-6,8,10H2,1H3,(H,27,28)(H,29,30,31);;/q;2*+1/p-2/t11-,16+;;/m1../s1. The average molecular weight is 525 g/mol. The Bertz CT molecular complexity index is 1330. The number of carbonyl (C=O) groups excluding carboxylic acids is 1. The van der Waals surface area contributed by atoms with Crippen molar-refractivity contribution >= 4 is 32.9 Å². The van der Waals surface area contributed by atoms with Crippen LogP contribution < -0.4 is 79.3 Å². The zero-order valence-corrected chi connectivity index (χ0v) is 24.6. The number of fused-ring (bicyclic) bond motifs is 2.